The minimum atomic E-state index is -0.455. The zero-order chi connectivity index (χ0) is 21.3. The third-order valence-electron chi connectivity index (χ3n) is 4.21. The van der Waals surface area contributed by atoms with Crippen LogP contribution in [0.25, 0.3) is 0 Å². The van der Waals surface area contributed by atoms with E-state index in [2.05, 4.69) is 22.1 Å². The molecule has 2 aromatic carbocycles. The molecular weight excluding hydrogens is 400 g/mol. The molecule has 3 aromatic rings. The number of thioether (sulfide) groups is 1. The summed E-state index contributed by atoms with van der Waals surface area (Å²) in [5.74, 6) is 0.307. The molecule has 0 atom stereocenters. The first-order valence-corrected chi connectivity index (χ1v) is 10.3. The quantitative estimate of drug-likeness (QED) is 0.322. The van der Waals surface area contributed by atoms with E-state index in [1.807, 2.05) is 34.9 Å². The van der Waals surface area contributed by atoms with Crippen LogP contribution in [-0.2, 0) is 22.5 Å². The molecule has 30 heavy (non-hydrogen) atoms. The van der Waals surface area contributed by atoms with Crippen LogP contribution in [0.5, 0.6) is 0 Å². The average molecular weight is 423 g/mol. The molecule has 0 aliphatic carbocycles. The number of amides is 1. The van der Waals surface area contributed by atoms with Gasteiger partial charge in [-0.15, -0.1) is 16.8 Å². The van der Waals surface area contributed by atoms with Crippen LogP contribution in [0.2, 0.25) is 0 Å². The molecule has 0 aliphatic rings. The van der Waals surface area contributed by atoms with E-state index in [4.69, 9.17) is 4.74 Å². The molecule has 0 spiro atoms. The van der Waals surface area contributed by atoms with Crippen molar-refractivity contribution in [3.05, 3.63) is 84.2 Å². The normalized spacial score (nSPS) is 10.4. The molecule has 0 radical (unpaired) electrons. The standard InChI is InChI=1S/C22H22N4O3S/c1-3-12-26-19(13-16-8-5-4-6-9-16)24-25-22(26)30-15-20(27)23-18-11-7-10-17(14-18)21(28)29-2/h3-11,14H,1,12-13,15H2,2H3,(H,23,27). The molecule has 3 rings (SSSR count). The number of allylic oxidation sites excluding steroid dienone is 1. The van der Waals surface area contributed by atoms with Crippen LogP contribution in [0, 0.1) is 0 Å². The first-order valence-electron chi connectivity index (χ1n) is 9.28. The summed E-state index contributed by atoms with van der Waals surface area (Å²) in [5.41, 5.74) is 2.04. The van der Waals surface area contributed by atoms with E-state index in [0.717, 1.165) is 11.4 Å². The lowest BCUT2D eigenvalue weighted by atomic mass is 10.1. The van der Waals surface area contributed by atoms with Crippen LogP contribution in [0.1, 0.15) is 21.7 Å². The molecule has 7 nitrogen and oxygen atoms in total. The maximum Gasteiger partial charge on any atom is 0.337 e. The molecule has 1 amide bonds. The van der Waals surface area contributed by atoms with Crippen LogP contribution < -0.4 is 5.32 Å². The third kappa shape index (κ3) is 5.57. The molecule has 8 heteroatoms. The maximum absolute atomic E-state index is 12.4. The highest BCUT2D eigenvalue weighted by molar-refractivity contribution is 7.99. The molecule has 0 bridgehead atoms. The number of carbonyl (C=O) groups excluding carboxylic acids is 2. The monoisotopic (exact) mass is 422 g/mol. The Bertz CT molecular complexity index is 1030. The van der Waals surface area contributed by atoms with Gasteiger partial charge in [-0.1, -0.05) is 54.2 Å². The smallest absolute Gasteiger partial charge is 0.337 e. The van der Waals surface area contributed by atoms with Crippen molar-refractivity contribution < 1.29 is 14.3 Å². The lowest BCUT2D eigenvalue weighted by molar-refractivity contribution is -0.113. The molecule has 1 aromatic heterocycles. The molecule has 0 fully saturated rings. The number of anilines is 1. The van der Waals surface area contributed by atoms with E-state index in [1.54, 1.807) is 30.3 Å². The fourth-order valence-electron chi connectivity index (χ4n) is 2.82. The van der Waals surface area contributed by atoms with Crippen LogP contribution >= 0.6 is 11.8 Å². The summed E-state index contributed by atoms with van der Waals surface area (Å²) in [6.45, 7) is 4.36. The van der Waals surface area contributed by atoms with Gasteiger partial charge in [-0.05, 0) is 23.8 Å². The average Bonchev–Trinajstić information content (AvgIpc) is 3.14. The summed E-state index contributed by atoms with van der Waals surface area (Å²) in [5, 5.41) is 12.0. The fraction of sp³-hybridized carbons (Fsp3) is 0.182. The third-order valence-corrected chi connectivity index (χ3v) is 5.18. The zero-order valence-corrected chi connectivity index (χ0v) is 17.4. The largest absolute Gasteiger partial charge is 0.465 e. The van der Waals surface area contributed by atoms with Gasteiger partial charge in [-0.2, -0.15) is 0 Å². The SMILES string of the molecule is C=CCn1c(Cc2ccccc2)nnc1SCC(=O)Nc1cccc(C(=O)OC)c1. The fourth-order valence-corrected chi connectivity index (χ4v) is 3.58. The minimum absolute atomic E-state index is 0.156. The summed E-state index contributed by atoms with van der Waals surface area (Å²) in [6.07, 6.45) is 2.43. The second-order valence-electron chi connectivity index (χ2n) is 6.37. The second-order valence-corrected chi connectivity index (χ2v) is 7.31. The number of hydrogen-bond acceptors (Lipinski definition) is 6. The van der Waals surface area contributed by atoms with Crippen molar-refractivity contribution in [3.63, 3.8) is 0 Å². The Morgan fingerprint density at radius 1 is 1.17 bits per heavy atom. The predicted octanol–water partition coefficient (Wildman–Crippen LogP) is 3.57. The summed E-state index contributed by atoms with van der Waals surface area (Å²) in [4.78, 5) is 24.0. The van der Waals surface area contributed by atoms with Gasteiger partial charge < -0.3 is 14.6 Å². The number of esters is 1. The number of rotatable bonds is 9. The van der Waals surface area contributed by atoms with Gasteiger partial charge in [0.05, 0.1) is 18.4 Å². The van der Waals surface area contributed by atoms with Gasteiger partial charge in [0.2, 0.25) is 5.91 Å². The summed E-state index contributed by atoms with van der Waals surface area (Å²) in [6, 6.07) is 16.6. The van der Waals surface area contributed by atoms with Crippen molar-refractivity contribution in [1.82, 2.24) is 14.8 Å². The lowest BCUT2D eigenvalue weighted by Crippen LogP contribution is -2.15. The van der Waals surface area contributed by atoms with Gasteiger partial charge in [0.15, 0.2) is 5.16 Å². The molecule has 0 aliphatic heterocycles. The number of hydrogen-bond donors (Lipinski definition) is 1. The maximum atomic E-state index is 12.4. The highest BCUT2D eigenvalue weighted by Crippen LogP contribution is 2.20. The highest BCUT2D eigenvalue weighted by atomic mass is 32.2. The van der Waals surface area contributed by atoms with Gasteiger partial charge in [-0.25, -0.2) is 4.79 Å². The Labute approximate surface area is 179 Å². The second kappa shape index (κ2) is 10.4. The molecule has 1 heterocycles. The van der Waals surface area contributed by atoms with E-state index in [9.17, 15) is 9.59 Å². The van der Waals surface area contributed by atoms with Crippen LogP contribution in [0.3, 0.4) is 0 Å². The van der Waals surface area contributed by atoms with Crippen LogP contribution in [-0.4, -0.2) is 39.5 Å². The predicted molar refractivity (Wildman–Crippen MR) is 117 cm³/mol. The highest BCUT2D eigenvalue weighted by Gasteiger charge is 2.14. The summed E-state index contributed by atoms with van der Waals surface area (Å²) in [7, 11) is 1.32. The van der Waals surface area contributed by atoms with E-state index in [-0.39, 0.29) is 11.7 Å². The van der Waals surface area contributed by atoms with Gasteiger partial charge in [0.25, 0.3) is 0 Å². The number of benzene rings is 2. The first kappa shape index (κ1) is 21.3. The van der Waals surface area contributed by atoms with E-state index in [0.29, 0.717) is 29.4 Å². The Morgan fingerprint density at radius 3 is 2.70 bits per heavy atom. The number of aromatic nitrogens is 3. The van der Waals surface area contributed by atoms with Crippen molar-refractivity contribution in [2.24, 2.45) is 0 Å². The summed E-state index contributed by atoms with van der Waals surface area (Å²) < 4.78 is 6.65. The van der Waals surface area contributed by atoms with Crippen LogP contribution in [0.4, 0.5) is 5.69 Å². The minimum Gasteiger partial charge on any atom is -0.465 e. The van der Waals surface area contributed by atoms with E-state index >= 15 is 0 Å². The van der Waals surface area contributed by atoms with Gasteiger partial charge >= 0.3 is 5.97 Å². The van der Waals surface area contributed by atoms with Crippen molar-refractivity contribution in [3.8, 4) is 0 Å². The van der Waals surface area contributed by atoms with Crippen molar-refractivity contribution in [2.45, 2.75) is 18.1 Å². The number of nitrogens with one attached hydrogen (secondary N) is 1. The Morgan fingerprint density at radius 2 is 1.97 bits per heavy atom. The number of ether oxygens (including phenoxy) is 1. The van der Waals surface area contributed by atoms with Gasteiger partial charge in [0.1, 0.15) is 5.82 Å². The number of nitrogens with zero attached hydrogens (tertiary/aromatic N) is 3. The van der Waals surface area contributed by atoms with Crippen molar-refractivity contribution in [1.29, 1.82) is 0 Å². The Balaban J connectivity index is 1.64. The molecule has 1 N–H and O–H groups in total. The van der Waals surface area contributed by atoms with E-state index < -0.39 is 5.97 Å². The van der Waals surface area contributed by atoms with E-state index in [1.165, 1.54) is 18.9 Å². The Kier molecular flexibility index (Phi) is 7.40. The molecule has 0 saturated heterocycles. The van der Waals surface area contributed by atoms with Gasteiger partial charge in [0, 0.05) is 18.7 Å². The van der Waals surface area contributed by atoms with Crippen molar-refractivity contribution >= 4 is 29.3 Å². The first-order chi connectivity index (χ1) is 14.6. The lowest BCUT2D eigenvalue weighted by Gasteiger charge is -2.09. The van der Waals surface area contributed by atoms with Crippen molar-refractivity contribution in [2.75, 3.05) is 18.2 Å². The Hall–Kier alpha value is -3.39. The zero-order valence-electron chi connectivity index (χ0n) is 16.6. The topological polar surface area (TPSA) is 86.1 Å². The number of methoxy groups -OCH3 is 1. The molecule has 0 saturated carbocycles. The van der Waals surface area contributed by atoms with Crippen LogP contribution in [0.15, 0.2) is 72.4 Å². The number of carbonyl (C=O) groups is 2. The summed E-state index contributed by atoms with van der Waals surface area (Å²) >= 11 is 1.30. The molecular formula is C22H22N4O3S. The molecule has 0 unspecified atom stereocenters. The molecule has 154 valence electrons. The van der Waals surface area contributed by atoms with Gasteiger partial charge in [-0.3, -0.25) is 4.79 Å².